The van der Waals surface area contributed by atoms with Crippen LogP contribution in [0.2, 0.25) is 0 Å². The maximum Gasteiger partial charge on any atom is 0.122 e. The zero-order chi connectivity index (χ0) is 8.27. The van der Waals surface area contributed by atoms with Crippen molar-refractivity contribution < 1.29 is 4.74 Å². The van der Waals surface area contributed by atoms with E-state index >= 15 is 0 Å². The van der Waals surface area contributed by atoms with Gasteiger partial charge in [-0.1, -0.05) is 0 Å². The highest BCUT2D eigenvalue weighted by atomic mass is 16.5. The molecule has 1 saturated heterocycles. The quantitative estimate of drug-likeness (QED) is 0.544. The van der Waals surface area contributed by atoms with E-state index in [1.165, 1.54) is 0 Å². The molecule has 11 heavy (non-hydrogen) atoms. The van der Waals surface area contributed by atoms with Crippen LogP contribution in [0.25, 0.3) is 0 Å². The van der Waals surface area contributed by atoms with Crippen LogP contribution in [0.4, 0.5) is 0 Å². The van der Waals surface area contributed by atoms with E-state index in [0.29, 0.717) is 0 Å². The molecule has 2 unspecified atom stereocenters. The lowest BCUT2D eigenvalue weighted by Gasteiger charge is -2.35. The molecular weight excluding hydrogens is 142 g/mol. The van der Waals surface area contributed by atoms with E-state index in [1.807, 2.05) is 14.1 Å². The Labute approximate surface area is 67.9 Å². The van der Waals surface area contributed by atoms with E-state index in [0.717, 1.165) is 13.1 Å². The second kappa shape index (κ2) is 4.01. The van der Waals surface area contributed by atoms with Crippen molar-refractivity contribution in [3.8, 4) is 0 Å². The van der Waals surface area contributed by atoms with Gasteiger partial charge in [0.2, 0.25) is 0 Å². The molecule has 2 atom stereocenters. The summed E-state index contributed by atoms with van der Waals surface area (Å²) in [5.41, 5.74) is 0. The molecule has 0 radical (unpaired) electrons. The SMILES string of the molecule is CNC1CN(C)CC(NC)O1. The van der Waals surface area contributed by atoms with Crippen molar-refractivity contribution in [1.82, 2.24) is 15.5 Å². The fraction of sp³-hybridized carbons (Fsp3) is 1.00. The molecule has 0 spiro atoms. The third-order valence-corrected chi connectivity index (χ3v) is 1.93. The molecule has 0 aromatic rings. The summed E-state index contributed by atoms with van der Waals surface area (Å²) >= 11 is 0. The van der Waals surface area contributed by atoms with Crippen molar-refractivity contribution in [2.45, 2.75) is 12.5 Å². The first-order chi connectivity index (χ1) is 5.26. The van der Waals surface area contributed by atoms with Crippen molar-refractivity contribution >= 4 is 0 Å². The summed E-state index contributed by atoms with van der Waals surface area (Å²) in [5.74, 6) is 0. The lowest BCUT2D eigenvalue weighted by Crippen LogP contribution is -2.54. The first-order valence-electron chi connectivity index (χ1n) is 3.94. The van der Waals surface area contributed by atoms with Crippen LogP contribution in [0.15, 0.2) is 0 Å². The van der Waals surface area contributed by atoms with Gasteiger partial charge in [0.15, 0.2) is 0 Å². The van der Waals surface area contributed by atoms with Gasteiger partial charge in [-0.2, -0.15) is 0 Å². The fourth-order valence-corrected chi connectivity index (χ4v) is 1.24. The minimum atomic E-state index is 0.159. The maximum atomic E-state index is 5.59. The Bertz CT molecular complexity index is 108. The number of likely N-dealkylation sites (N-methyl/N-ethyl adjacent to an activating group) is 3. The van der Waals surface area contributed by atoms with Crippen molar-refractivity contribution in [2.24, 2.45) is 0 Å². The number of morpholine rings is 1. The first-order valence-corrected chi connectivity index (χ1v) is 3.94. The second-order valence-electron chi connectivity index (χ2n) is 2.91. The van der Waals surface area contributed by atoms with Crippen molar-refractivity contribution in [2.75, 3.05) is 34.2 Å². The number of nitrogens with zero attached hydrogens (tertiary/aromatic N) is 1. The van der Waals surface area contributed by atoms with Gasteiger partial charge in [-0.15, -0.1) is 0 Å². The summed E-state index contributed by atoms with van der Waals surface area (Å²) in [6.45, 7) is 1.91. The van der Waals surface area contributed by atoms with Gasteiger partial charge in [0.1, 0.15) is 12.5 Å². The number of rotatable bonds is 2. The zero-order valence-corrected chi connectivity index (χ0v) is 7.42. The number of hydrogen-bond donors (Lipinski definition) is 2. The van der Waals surface area contributed by atoms with E-state index in [2.05, 4.69) is 22.6 Å². The van der Waals surface area contributed by atoms with Gasteiger partial charge in [-0.05, 0) is 21.1 Å². The van der Waals surface area contributed by atoms with E-state index in [-0.39, 0.29) is 12.5 Å². The molecule has 0 amide bonds. The average Bonchev–Trinajstić information content (AvgIpc) is 2.03. The van der Waals surface area contributed by atoms with Gasteiger partial charge in [-0.25, -0.2) is 0 Å². The molecular formula is C7H17N3O. The number of nitrogens with one attached hydrogen (secondary N) is 2. The van der Waals surface area contributed by atoms with Crippen LogP contribution in [0.1, 0.15) is 0 Å². The molecule has 4 nitrogen and oxygen atoms in total. The predicted molar refractivity (Wildman–Crippen MR) is 44.3 cm³/mol. The Morgan fingerprint density at radius 1 is 1.18 bits per heavy atom. The summed E-state index contributed by atoms with van der Waals surface area (Å²) in [4.78, 5) is 2.24. The fourth-order valence-electron chi connectivity index (χ4n) is 1.24. The number of hydrogen-bond acceptors (Lipinski definition) is 4. The molecule has 66 valence electrons. The Hall–Kier alpha value is -0.160. The largest absolute Gasteiger partial charge is 0.343 e. The van der Waals surface area contributed by atoms with Gasteiger partial charge in [0, 0.05) is 13.1 Å². The molecule has 0 aromatic heterocycles. The normalized spacial score (nSPS) is 34.1. The molecule has 1 fully saturated rings. The van der Waals surface area contributed by atoms with E-state index in [9.17, 15) is 0 Å². The van der Waals surface area contributed by atoms with Gasteiger partial charge in [-0.3, -0.25) is 15.5 Å². The molecule has 1 aliphatic heterocycles. The number of ether oxygens (including phenoxy) is 1. The minimum absolute atomic E-state index is 0.159. The van der Waals surface area contributed by atoms with E-state index in [4.69, 9.17) is 4.74 Å². The van der Waals surface area contributed by atoms with Crippen molar-refractivity contribution in [3.63, 3.8) is 0 Å². The van der Waals surface area contributed by atoms with E-state index in [1.54, 1.807) is 0 Å². The van der Waals surface area contributed by atoms with Gasteiger partial charge >= 0.3 is 0 Å². The molecule has 0 aliphatic carbocycles. The summed E-state index contributed by atoms with van der Waals surface area (Å²) < 4.78 is 5.59. The highest BCUT2D eigenvalue weighted by molar-refractivity contribution is 4.70. The Morgan fingerprint density at radius 2 is 1.64 bits per heavy atom. The molecule has 2 N–H and O–H groups in total. The minimum Gasteiger partial charge on any atom is -0.343 e. The van der Waals surface area contributed by atoms with Gasteiger partial charge < -0.3 is 4.74 Å². The summed E-state index contributed by atoms with van der Waals surface area (Å²) in [6, 6.07) is 0. The third kappa shape index (κ3) is 2.41. The van der Waals surface area contributed by atoms with Gasteiger partial charge in [0.05, 0.1) is 0 Å². The van der Waals surface area contributed by atoms with Crippen molar-refractivity contribution in [3.05, 3.63) is 0 Å². The van der Waals surface area contributed by atoms with Crippen LogP contribution >= 0.6 is 0 Å². The third-order valence-electron chi connectivity index (χ3n) is 1.93. The molecule has 0 aromatic carbocycles. The monoisotopic (exact) mass is 159 g/mol. The lowest BCUT2D eigenvalue weighted by atomic mass is 10.3. The molecule has 0 saturated carbocycles. The Balaban J connectivity index is 2.37. The lowest BCUT2D eigenvalue weighted by molar-refractivity contribution is -0.100. The van der Waals surface area contributed by atoms with Gasteiger partial charge in [0.25, 0.3) is 0 Å². The van der Waals surface area contributed by atoms with Crippen molar-refractivity contribution in [1.29, 1.82) is 0 Å². The molecule has 1 heterocycles. The summed E-state index contributed by atoms with van der Waals surface area (Å²) in [5, 5.41) is 6.19. The van der Waals surface area contributed by atoms with Crippen LogP contribution in [0.3, 0.4) is 0 Å². The smallest absolute Gasteiger partial charge is 0.122 e. The highest BCUT2D eigenvalue weighted by Gasteiger charge is 2.22. The van der Waals surface area contributed by atoms with Crippen LogP contribution in [0.5, 0.6) is 0 Å². The van der Waals surface area contributed by atoms with Crippen LogP contribution in [-0.2, 0) is 4.74 Å². The molecule has 1 rings (SSSR count). The highest BCUT2D eigenvalue weighted by Crippen LogP contribution is 2.04. The molecule has 4 heteroatoms. The van der Waals surface area contributed by atoms with Crippen LogP contribution in [-0.4, -0.2) is 51.6 Å². The average molecular weight is 159 g/mol. The zero-order valence-electron chi connectivity index (χ0n) is 7.42. The first kappa shape index (κ1) is 8.93. The second-order valence-corrected chi connectivity index (χ2v) is 2.91. The Morgan fingerprint density at radius 3 is 2.00 bits per heavy atom. The maximum absolute atomic E-state index is 5.59. The molecule has 0 bridgehead atoms. The van der Waals surface area contributed by atoms with Crippen LogP contribution < -0.4 is 10.6 Å². The topological polar surface area (TPSA) is 36.5 Å². The summed E-state index contributed by atoms with van der Waals surface area (Å²) in [7, 11) is 5.92. The summed E-state index contributed by atoms with van der Waals surface area (Å²) in [6.07, 6.45) is 0.317. The molecule has 1 aliphatic rings. The standard InChI is InChI=1S/C7H17N3O/c1-8-6-4-10(3)5-7(9-2)11-6/h6-9H,4-5H2,1-3H3. The Kier molecular flexibility index (Phi) is 3.26. The predicted octanol–water partition coefficient (Wildman–Crippen LogP) is -0.961. The van der Waals surface area contributed by atoms with Crippen LogP contribution in [0, 0.1) is 0 Å². The van der Waals surface area contributed by atoms with E-state index < -0.39 is 0 Å².